The molecule has 0 atom stereocenters. The highest BCUT2D eigenvalue weighted by Crippen LogP contribution is 2.32. The lowest BCUT2D eigenvalue weighted by Gasteiger charge is -2.20. The molecule has 0 N–H and O–H groups in total. The van der Waals surface area contributed by atoms with Gasteiger partial charge >= 0.3 is 0 Å². The van der Waals surface area contributed by atoms with Crippen LogP contribution >= 0.6 is 35.5 Å². The molecular formula is C21H19ClF2N4OS2. The second-order valence-corrected chi connectivity index (χ2v) is 8.59. The first-order chi connectivity index (χ1) is 14.6. The van der Waals surface area contributed by atoms with Gasteiger partial charge in [0.1, 0.15) is 11.3 Å². The molecule has 0 spiro atoms. The molecule has 2 aromatic heterocycles. The van der Waals surface area contributed by atoms with Gasteiger partial charge in [-0.3, -0.25) is 9.69 Å². The van der Waals surface area contributed by atoms with Gasteiger partial charge < -0.3 is 4.57 Å². The van der Waals surface area contributed by atoms with Crippen molar-refractivity contribution in [3.8, 4) is 0 Å². The largest absolute Gasteiger partial charge is 0.337 e. The lowest BCUT2D eigenvalue weighted by atomic mass is 10.3. The highest BCUT2D eigenvalue weighted by molar-refractivity contribution is 8.00. The number of carbonyl (C=O) groups excluding carboxylic acids is 1. The van der Waals surface area contributed by atoms with Gasteiger partial charge in [0.05, 0.1) is 16.8 Å². The number of rotatable bonds is 8. The van der Waals surface area contributed by atoms with Crippen LogP contribution in [0, 0.1) is 11.6 Å². The Morgan fingerprint density at radius 3 is 2.74 bits per heavy atom. The van der Waals surface area contributed by atoms with Crippen molar-refractivity contribution in [3.05, 3.63) is 72.8 Å². The summed E-state index contributed by atoms with van der Waals surface area (Å²) in [7, 11) is 0. The number of amides is 1. The Labute approximate surface area is 192 Å². The molecule has 5 nitrogen and oxygen atoms in total. The minimum absolute atomic E-state index is 0. The third-order valence-electron chi connectivity index (χ3n) is 4.40. The van der Waals surface area contributed by atoms with E-state index in [2.05, 4.69) is 9.97 Å². The maximum absolute atomic E-state index is 14.1. The molecule has 0 aliphatic carbocycles. The molecule has 0 aliphatic rings. The zero-order valence-corrected chi connectivity index (χ0v) is 18.7. The number of fused-ring (bicyclic) bond motifs is 1. The van der Waals surface area contributed by atoms with Crippen LogP contribution in [0.4, 0.5) is 13.9 Å². The van der Waals surface area contributed by atoms with Crippen molar-refractivity contribution in [1.82, 2.24) is 14.5 Å². The maximum atomic E-state index is 14.1. The first-order valence-electron chi connectivity index (χ1n) is 9.30. The first-order valence-corrected chi connectivity index (χ1v) is 11.1. The average molecular weight is 481 g/mol. The van der Waals surface area contributed by atoms with Crippen molar-refractivity contribution in [1.29, 1.82) is 0 Å². The molecule has 1 amide bonds. The van der Waals surface area contributed by atoms with E-state index in [9.17, 15) is 13.6 Å². The zero-order valence-electron chi connectivity index (χ0n) is 16.3. The fourth-order valence-electron chi connectivity index (χ4n) is 2.96. The van der Waals surface area contributed by atoms with Gasteiger partial charge in [0.2, 0.25) is 5.91 Å². The molecule has 2 aromatic carbocycles. The van der Waals surface area contributed by atoms with Gasteiger partial charge in [-0.2, -0.15) is 0 Å². The summed E-state index contributed by atoms with van der Waals surface area (Å²) in [4.78, 5) is 23.9. The fraction of sp³-hybridized carbons (Fsp3) is 0.190. The van der Waals surface area contributed by atoms with Crippen molar-refractivity contribution < 1.29 is 13.6 Å². The van der Waals surface area contributed by atoms with Gasteiger partial charge in [0.25, 0.3) is 0 Å². The highest BCUT2D eigenvalue weighted by atomic mass is 35.5. The number of hydrogen-bond donors (Lipinski definition) is 0. The van der Waals surface area contributed by atoms with Crippen LogP contribution in [0.25, 0.3) is 10.2 Å². The third-order valence-corrected chi connectivity index (χ3v) is 6.42. The van der Waals surface area contributed by atoms with Crippen molar-refractivity contribution in [2.24, 2.45) is 0 Å². The summed E-state index contributed by atoms with van der Waals surface area (Å²) >= 11 is 2.55. The Kier molecular flexibility index (Phi) is 8.00. The molecule has 2 heterocycles. The molecule has 0 fully saturated rings. The summed E-state index contributed by atoms with van der Waals surface area (Å²) in [6, 6.07) is 11.7. The summed E-state index contributed by atoms with van der Waals surface area (Å²) < 4.78 is 30.0. The number of aryl methyl sites for hydroxylation is 1. The predicted molar refractivity (Wildman–Crippen MR) is 123 cm³/mol. The van der Waals surface area contributed by atoms with E-state index in [1.807, 2.05) is 41.1 Å². The number of aromatic nitrogens is 3. The van der Waals surface area contributed by atoms with Crippen LogP contribution in [0.1, 0.15) is 6.42 Å². The van der Waals surface area contributed by atoms with E-state index in [0.717, 1.165) is 22.3 Å². The average Bonchev–Trinajstić information content (AvgIpc) is 3.40. The van der Waals surface area contributed by atoms with Gasteiger partial charge in [0, 0.05) is 36.4 Å². The number of hydrogen-bond acceptors (Lipinski definition) is 5. The van der Waals surface area contributed by atoms with Gasteiger partial charge in [-0.25, -0.2) is 18.7 Å². The molecule has 0 saturated carbocycles. The Bertz CT molecular complexity index is 1140. The minimum Gasteiger partial charge on any atom is -0.337 e. The number of carbonyl (C=O) groups is 1. The van der Waals surface area contributed by atoms with Crippen LogP contribution in [-0.2, 0) is 11.3 Å². The molecule has 0 aliphatic heterocycles. The van der Waals surface area contributed by atoms with Crippen LogP contribution in [0.3, 0.4) is 0 Å². The van der Waals surface area contributed by atoms with Crippen LogP contribution < -0.4 is 4.90 Å². The SMILES string of the molecule is Cl.O=C(CSc1ccccc1)N(CCCn1ccnc1)c1nc2c(F)cc(F)cc2s1. The predicted octanol–water partition coefficient (Wildman–Crippen LogP) is 5.41. The van der Waals surface area contributed by atoms with Crippen LogP contribution in [0.5, 0.6) is 0 Å². The first kappa shape index (κ1) is 23.2. The molecule has 0 radical (unpaired) electrons. The molecule has 10 heteroatoms. The molecule has 0 unspecified atom stereocenters. The second kappa shape index (κ2) is 10.7. The van der Waals surface area contributed by atoms with E-state index in [-0.39, 0.29) is 29.6 Å². The lowest BCUT2D eigenvalue weighted by molar-refractivity contribution is -0.116. The van der Waals surface area contributed by atoms with E-state index in [0.29, 0.717) is 29.3 Å². The summed E-state index contributed by atoms with van der Waals surface area (Å²) in [6.45, 7) is 1.10. The van der Waals surface area contributed by atoms with Crippen LogP contribution in [0.2, 0.25) is 0 Å². The maximum Gasteiger partial charge on any atom is 0.239 e. The van der Waals surface area contributed by atoms with Crippen LogP contribution in [0.15, 0.2) is 66.1 Å². The van der Waals surface area contributed by atoms with Crippen molar-refractivity contribution in [2.75, 3.05) is 17.2 Å². The number of imidazole rings is 1. The second-order valence-electron chi connectivity index (χ2n) is 6.53. The van der Waals surface area contributed by atoms with Crippen LogP contribution in [-0.4, -0.2) is 32.7 Å². The summed E-state index contributed by atoms with van der Waals surface area (Å²) in [6.07, 6.45) is 5.94. The molecule has 31 heavy (non-hydrogen) atoms. The number of thioether (sulfide) groups is 1. The summed E-state index contributed by atoms with van der Waals surface area (Å²) in [5.41, 5.74) is 0.0829. The summed E-state index contributed by atoms with van der Waals surface area (Å²) in [5.74, 6) is -1.29. The van der Waals surface area contributed by atoms with Crippen molar-refractivity contribution in [3.63, 3.8) is 0 Å². The molecule has 0 saturated heterocycles. The lowest BCUT2D eigenvalue weighted by Crippen LogP contribution is -2.33. The third kappa shape index (κ3) is 5.81. The standard InChI is InChI=1S/C21H18F2N4OS2.ClH/c22-15-11-17(23)20-18(12-15)30-21(25-20)27(9-4-8-26-10-7-24-14-26)19(28)13-29-16-5-2-1-3-6-16;/h1-3,5-7,10-12,14H,4,8-9,13H2;1H. The normalized spacial score (nSPS) is 10.8. The molecule has 4 aromatic rings. The minimum atomic E-state index is -0.725. The molecule has 162 valence electrons. The van der Waals surface area contributed by atoms with E-state index in [1.165, 1.54) is 17.8 Å². The zero-order chi connectivity index (χ0) is 20.9. The number of thiazole rings is 1. The van der Waals surface area contributed by atoms with Gasteiger partial charge in [-0.15, -0.1) is 24.2 Å². The number of anilines is 1. The molecule has 4 rings (SSSR count). The molecular weight excluding hydrogens is 462 g/mol. The Morgan fingerprint density at radius 2 is 2.00 bits per heavy atom. The topological polar surface area (TPSA) is 51.0 Å². The van der Waals surface area contributed by atoms with E-state index in [4.69, 9.17) is 0 Å². The number of benzene rings is 2. The van der Waals surface area contributed by atoms with Gasteiger partial charge in [0.15, 0.2) is 10.9 Å². The Hall–Kier alpha value is -2.49. The Morgan fingerprint density at radius 1 is 1.19 bits per heavy atom. The fourth-order valence-corrected chi connectivity index (χ4v) is 4.80. The quantitative estimate of drug-likeness (QED) is 0.316. The number of nitrogens with zero attached hydrogens (tertiary/aromatic N) is 4. The summed E-state index contributed by atoms with van der Waals surface area (Å²) in [5, 5.41) is 0.374. The number of halogens is 3. The smallest absolute Gasteiger partial charge is 0.239 e. The Balaban J connectivity index is 0.00000272. The highest BCUT2D eigenvalue weighted by Gasteiger charge is 2.21. The van der Waals surface area contributed by atoms with Crippen molar-refractivity contribution >= 4 is 56.8 Å². The van der Waals surface area contributed by atoms with E-state index < -0.39 is 11.6 Å². The van der Waals surface area contributed by atoms with E-state index >= 15 is 0 Å². The van der Waals surface area contributed by atoms with E-state index in [1.54, 1.807) is 17.4 Å². The monoisotopic (exact) mass is 480 g/mol. The molecule has 0 bridgehead atoms. The van der Waals surface area contributed by atoms with Crippen molar-refractivity contribution in [2.45, 2.75) is 17.9 Å². The van der Waals surface area contributed by atoms with Gasteiger partial charge in [-0.1, -0.05) is 29.5 Å². The van der Waals surface area contributed by atoms with Gasteiger partial charge in [-0.05, 0) is 24.6 Å².